The van der Waals surface area contributed by atoms with Crippen LogP contribution >= 0.6 is 11.8 Å². The summed E-state index contributed by atoms with van der Waals surface area (Å²) in [4.78, 5) is 19.6. The molecule has 7 N–H and O–H groups in total. The molecular weight excluding hydrogens is 312 g/mol. The molecule has 0 aliphatic carbocycles. The van der Waals surface area contributed by atoms with Crippen LogP contribution in [0.1, 0.15) is 6.42 Å². The van der Waals surface area contributed by atoms with E-state index in [0.717, 1.165) is 0 Å². The molecule has 0 spiro atoms. The zero-order valence-electron chi connectivity index (χ0n) is 10.8. The van der Waals surface area contributed by atoms with Gasteiger partial charge in [0.1, 0.15) is 6.10 Å². The van der Waals surface area contributed by atoms with Crippen LogP contribution in [-0.2, 0) is 14.3 Å². The number of thioether (sulfide) groups is 1. The minimum Gasteiger partial charge on any atom is -0.479 e. The van der Waals surface area contributed by atoms with Crippen molar-refractivity contribution < 1.29 is 50.1 Å². The molecule has 0 aromatic rings. The van der Waals surface area contributed by atoms with Crippen LogP contribution in [0.4, 0.5) is 0 Å². The van der Waals surface area contributed by atoms with Crippen molar-refractivity contribution in [1.29, 1.82) is 0 Å². The van der Waals surface area contributed by atoms with Gasteiger partial charge in [0.2, 0.25) is 10.4 Å². The van der Waals surface area contributed by atoms with Gasteiger partial charge in [-0.15, -0.1) is 0 Å². The molecule has 0 aromatic carbocycles. The van der Waals surface area contributed by atoms with Gasteiger partial charge in [-0.3, -0.25) is 0 Å². The highest BCUT2D eigenvalue weighted by atomic mass is 32.2. The summed E-state index contributed by atoms with van der Waals surface area (Å²) in [6.45, 7) is -2.23. The fraction of sp³-hybridized carbons (Fsp3) is 0.800. The van der Waals surface area contributed by atoms with Crippen LogP contribution in [0.2, 0.25) is 0 Å². The Morgan fingerprint density at radius 2 is 1.57 bits per heavy atom. The predicted molar refractivity (Wildman–Crippen MR) is 68.4 cm³/mol. The van der Waals surface area contributed by atoms with Gasteiger partial charge < -0.3 is 40.5 Å². The van der Waals surface area contributed by atoms with E-state index >= 15 is 0 Å². The van der Waals surface area contributed by atoms with Crippen molar-refractivity contribution >= 4 is 23.7 Å². The van der Waals surface area contributed by atoms with E-state index < -0.39 is 60.8 Å². The standard InChI is InChI=1S/C10H18O10S/c11-2-5(13)1-10(9(18)19,20-4-6(14)3-12)21-8(17)7(15)16/h5-6,8,11-14,17H,1-4H2,(H,15,16)(H,18,19). The summed E-state index contributed by atoms with van der Waals surface area (Å²) in [5, 5.41) is 63.1. The maximum Gasteiger partial charge on any atom is 0.346 e. The molecule has 0 amide bonds. The zero-order chi connectivity index (χ0) is 16.6. The summed E-state index contributed by atoms with van der Waals surface area (Å²) in [6, 6.07) is 0. The van der Waals surface area contributed by atoms with E-state index in [1.54, 1.807) is 0 Å². The van der Waals surface area contributed by atoms with Crippen LogP contribution in [0.15, 0.2) is 0 Å². The monoisotopic (exact) mass is 330 g/mol. The molecule has 0 radical (unpaired) electrons. The lowest BCUT2D eigenvalue weighted by atomic mass is 10.1. The van der Waals surface area contributed by atoms with Crippen molar-refractivity contribution in [3.05, 3.63) is 0 Å². The lowest BCUT2D eigenvalue weighted by Crippen LogP contribution is -2.46. The number of aliphatic hydroxyl groups is 5. The van der Waals surface area contributed by atoms with E-state index in [0.29, 0.717) is 0 Å². The van der Waals surface area contributed by atoms with Crippen molar-refractivity contribution in [3.8, 4) is 0 Å². The molecule has 0 bridgehead atoms. The average Bonchev–Trinajstić information content (AvgIpc) is 2.43. The highest BCUT2D eigenvalue weighted by molar-refractivity contribution is 8.02. The van der Waals surface area contributed by atoms with E-state index in [-0.39, 0.29) is 11.8 Å². The van der Waals surface area contributed by atoms with E-state index in [4.69, 9.17) is 25.2 Å². The van der Waals surface area contributed by atoms with Crippen molar-refractivity contribution in [2.45, 2.75) is 29.0 Å². The zero-order valence-corrected chi connectivity index (χ0v) is 11.6. The molecule has 0 saturated carbocycles. The molecule has 11 heteroatoms. The Morgan fingerprint density at radius 1 is 1.05 bits per heavy atom. The van der Waals surface area contributed by atoms with Crippen molar-refractivity contribution in [2.75, 3.05) is 19.8 Å². The van der Waals surface area contributed by atoms with Crippen LogP contribution in [0, 0.1) is 0 Å². The Balaban J connectivity index is 5.22. The molecule has 0 aromatic heterocycles. The minimum absolute atomic E-state index is 0.0251. The van der Waals surface area contributed by atoms with Gasteiger partial charge >= 0.3 is 11.9 Å². The Hall–Kier alpha value is -0.950. The van der Waals surface area contributed by atoms with E-state index in [1.165, 1.54) is 0 Å². The highest BCUT2D eigenvalue weighted by Crippen LogP contribution is 2.35. The minimum atomic E-state index is -2.42. The Kier molecular flexibility index (Phi) is 8.73. The number of rotatable bonds is 11. The molecule has 0 heterocycles. The Labute approximate surface area is 123 Å². The molecule has 4 unspecified atom stereocenters. The number of carboxylic acids is 2. The number of aliphatic carboxylic acids is 2. The maximum absolute atomic E-state index is 11.3. The van der Waals surface area contributed by atoms with Gasteiger partial charge in [-0.2, -0.15) is 0 Å². The van der Waals surface area contributed by atoms with Crippen LogP contribution in [0.5, 0.6) is 0 Å². The van der Waals surface area contributed by atoms with Gasteiger partial charge in [-0.25, -0.2) is 9.59 Å². The Bertz CT molecular complexity index is 351. The van der Waals surface area contributed by atoms with Crippen molar-refractivity contribution in [1.82, 2.24) is 0 Å². The average molecular weight is 330 g/mol. The molecule has 10 nitrogen and oxygen atoms in total. The SMILES string of the molecule is O=C(O)C(O)SC(CC(O)CO)(OCC(O)CO)C(=O)O. The van der Waals surface area contributed by atoms with Crippen LogP contribution in [-0.4, -0.2) is 90.1 Å². The molecule has 4 atom stereocenters. The lowest BCUT2D eigenvalue weighted by Gasteiger charge is -2.31. The second-order valence-corrected chi connectivity index (χ2v) is 5.40. The quantitative estimate of drug-likeness (QED) is 0.192. The highest BCUT2D eigenvalue weighted by Gasteiger charge is 2.46. The van der Waals surface area contributed by atoms with Crippen LogP contribution in [0.25, 0.3) is 0 Å². The molecular formula is C10H18O10S. The number of ether oxygens (including phenoxy) is 1. The van der Waals surface area contributed by atoms with Gasteiger partial charge in [0, 0.05) is 6.42 Å². The topological polar surface area (TPSA) is 185 Å². The summed E-state index contributed by atoms with van der Waals surface area (Å²) in [7, 11) is 0. The molecule has 0 fully saturated rings. The van der Waals surface area contributed by atoms with Crippen LogP contribution in [0.3, 0.4) is 0 Å². The van der Waals surface area contributed by atoms with Gasteiger partial charge in [-0.05, 0) is 0 Å². The molecule has 0 rings (SSSR count). The van der Waals surface area contributed by atoms with Crippen LogP contribution < -0.4 is 0 Å². The normalized spacial score (nSPS) is 18.5. The number of carbonyl (C=O) groups is 2. The van der Waals surface area contributed by atoms with Crippen molar-refractivity contribution in [3.63, 3.8) is 0 Å². The van der Waals surface area contributed by atoms with E-state index in [1.807, 2.05) is 0 Å². The first kappa shape index (κ1) is 20.1. The summed E-state index contributed by atoms with van der Waals surface area (Å²) in [5.74, 6) is -3.44. The van der Waals surface area contributed by atoms with Gasteiger partial charge in [0.15, 0.2) is 0 Å². The fourth-order valence-corrected chi connectivity index (χ4v) is 2.22. The molecule has 21 heavy (non-hydrogen) atoms. The molecule has 124 valence electrons. The lowest BCUT2D eigenvalue weighted by molar-refractivity contribution is -0.161. The van der Waals surface area contributed by atoms with Gasteiger partial charge in [0.05, 0.1) is 25.9 Å². The largest absolute Gasteiger partial charge is 0.479 e. The fourth-order valence-electron chi connectivity index (χ4n) is 1.23. The summed E-state index contributed by atoms with van der Waals surface area (Å²) >= 11 is -0.0251. The maximum atomic E-state index is 11.3. The third kappa shape index (κ3) is 6.56. The summed E-state index contributed by atoms with van der Waals surface area (Å²) in [6.07, 6.45) is -3.73. The van der Waals surface area contributed by atoms with Crippen molar-refractivity contribution in [2.24, 2.45) is 0 Å². The number of carboxylic acid groups (broad SMARTS) is 2. The van der Waals surface area contributed by atoms with Gasteiger partial charge in [-0.1, -0.05) is 11.8 Å². The second-order valence-electron chi connectivity index (χ2n) is 4.05. The third-order valence-electron chi connectivity index (χ3n) is 2.27. The van der Waals surface area contributed by atoms with Gasteiger partial charge in [0.25, 0.3) is 0 Å². The third-order valence-corrected chi connectivity index (χ3v) is 3.54. The second kappa shape index (κ2) is 9.15. The smallest absolute Gasteiger partial charge is 0.346 e. The first-order valence-corrected chi connectivity index (χ1v) is 6.60. The summed E-state index contributed by atoms with van der Waals surface area (Å²) < 4.78 is 4.90. The Morgan fingerprint density at radius 3 is 1.95 bits per heavy atom. The number of aliphatic hydroxyl groups excluding tert-OH is 5. The first-order chi connectivity index (χ1) is 9.68. The summed E-state index contributed by atoms with van der Waals surface area (Å²) in [5.41, 5.74) is -2.17. The first-order valence-electron chi connectivity index (χ1n) is 5.72. The molecule has 0 saturated heterocycles. The van der Waals surface area contributed by atoms with E-state index in [9.17, 15) is 24.9 Å². The number of hydrogen-bond acceptors (Lipinski definition) is 9. The number of hydrogen-bond donors (Lipinski definition) is 7. The predicted octanol–water partition coefficient (Wildman–Crippen LogP) is -2.98. The molecule has 0 aliphatic rings. The van der Waals surface area contributed by atoms with E-state index in [2.05, 4.69) is 0 Å². The molecule has 0 aliphatic heterocycles.